The molecule has 3 nitrogen and oxygen atoms in total. The van der Waals surface area contributed by atoms with Gasteiger partial charge >= 0.3 is 0 Å². The summed E-state index contributed by atoms with van der Waals surface area (Å²) >= 11 is 0. The maximum Gasteiger partial charge on any atom is 0.244 e. The van der Waals surface area contributed by atoms with E-state index in [1.165, 1.54) is 23.8 Å². The lowest BCUT2D eigenvalue weighted by atomic mass is 10.1. The van der Waals surface area contributed by atoms with Crippen LogP contribution in [0.25, 0.3) is 6.08 Å². The van der Waals surface area contributed by atoms with Gasteiger partial charge in [0.05, 0.1) is 6.04 Å². The molecule has 0 saturated heterocycles. The van der Waals surface area contributed by atoms with E-state index in [4.69, 9.17) is 0 Å². The predicted molar refractivity (Wildman–Crippen MR) is 112 cm³/mol. The number of carbonyl (C=O) groups excluding carboxylic acids is 1. The van der Waals surface area contributed by atoms with Gasteiger partial charge in [-0.25, -0.2) is 8.78 Å². The Bertz CT molecular complexity index is 1000. The Balaban J connectivity index is 1.59. The maximum absolute atomic E-state index is 13.6. The summed E-state index contributed by atoms with van der Waals surface area (Å²) in [6.07, 6.45) is 2.57. The van der Waals surface area contributed by atoms with Crippen molar-refractivity contribution in [1.29, 1.82) is 0 Å². The van der Waals surface area contributed by atoms with Crippen LogP contribution < -0.4 is 10.6 Å². The van der Waals surface area contributed by atoms with Crippen LogP contribution in [0.3, 0.4) is 0 Å². The number of benzene rings is 3. The van der Waals surface area contributed by atoms with E-state index < -0.39 is 11.6 Å². The van der Waals surface area contributed by atoms with Crippen LogP contribution in [0.5, 0.6) is 0 Å². The monoisotopic (exact) mass is 392 g/mol. The topological polar surface area (TPSA) is 41.1 Å². The van der Waals surface area contributed by atoms with Crippen LogP contribution in [0.15, 0.2) is 78.9 Å². The average Bonchev–Trinajstić information content (AvgIpc) is 2.72. The minimum Gasteiger partial charge on any atom is -0.381 e. The lowest BCUT2D eigenvalue weighted by Gasteiger charge is -2.15. The first-order chi connectivity index (χ1) is 14.0. The van der Waals surface area contributed by atoms with E-state index in [-0.39, 0.29) is 17.5 Å². The summed E-state index contributed by atoms with van der Waals surface area (Å²) in [4.78, 5) is 12.2. The first kappa shape index (κ1) is 20.3. The SMILES string of the molecule is CC(NC(=O)/C=C\c1ccc(F)cc1F)c1cccc(NCc2ccccc2)c1. The Morgan fingerprint density at radius 1 is 1.00 bits per heavy atom. The molecule has 3 aromatic carbocycles. The summed E-state index contributed by atoms with van der Waals surface area (Å²) in [5.41, 5.74) is 3.23. The standard InChI is InChI=1S/C24H22F2N2O/c1-17(28-24(29)13-11-19-10-12-21(25)15-23(19)26)20-8-5-9-22(14-20)27-16-18-6-3-2-4-7-18/h2-15,17,27H,16H2,1H3,(H,28,29)/b13-11-. The minimum atomic E-state index is -0.709. The third-order valence-corrected chi connectivity index (χ3v) is 4.46. The predicted octanol–water partition coefficient (Wildman–Crippen LogP) is 5.47. The number of amides is 1. The normalized spacial score (nSPS) is 12.0. The third kappa shape index (κ3) is 6.01. The molecule has 0 radical (unpaired) electrons. The van der Waals surface area contributed by atoms with E-state index in [0.29, 0.717) is 6.54 Å². The highest BCUT2D eigenvalue weighted by Gasteiger charge is 2.09. The lowest BCUT2D eigenvalue weighted by molar-refractivity contribution is -0.117. The van der Waals surface area contributed by atoms with Crippen molar-refractivity contribution in [2.45, 2.75) is 19.5 Å². The smallest absolute Gasteiger partial charge is 0.244 e. The molecule has 0 bridgehead atoms. The summed E-state index contributed by atoms with van der Waals surface area (Å²) in [5.74, 6) is -1.72. The van der Waals surface area contributed by atoms with Crippen molar-refractivity contribution in [3.63, 3.8) is 0 Å². The maximum atomic E-state index is 13.6. The molecule has 0 aliphatic carbocycles. The molecule has 0 aromatic heterocycles. The summed E-state index contributed by atoms with van der Waals surface area (Å²) in [5, 5.41) is 6.22. The second-order valence-electron chi connectivity index (χ2n) is 6.69. The van der Waals surface area contributed by atoms with Crippen LogP contribution in [-0.4, -0.2) is 5.91 Å². The molecule has 0 spiro atoms. The molecule has 1 unspecified atom stereocenters. The van der Waals surface area contributed by atoms with Gasteiger partial charge in [0.25, 0.3) is 0 Å². The van der Waals surface area contributed by atoms with Gasteiger partial charge < -0.3 is 10.6 Å². The number of carbonyl (C=O) groups is 1. The summed E-state index contributed by atoms with van der Waals surface area (Å²) in [7, 11) is 0. The molecule has 5 heteroatoms. The summed E-state index contributed by atoms with van der Waals surface area (Å²) in [6.45, 7) is 2.58. The molecular formula is C24H22F2N2O. The zero-order valence-corrected chi connectivity index (χ0v) is 16.0. The molecule has 2 N–H and O–H groups in total. The van der Waals surface area contributed by atoms with Crippen molar-refractivity contribution in [1.82, 2.24) is 5.32 Å². The second-order valence-corrected chi connectivity index (χ2v) is 6.69. The van der Waals surface area contributed by atoms with Gasteiger partial charge in [-0.15, -0.1) is 0 Å². The van der Waals surface area contributed by atoms with E-state index in [1.807, 2.05) is 49.4 Å². The van der Waals surface area contributed by atoms with Crippen molar-refractivity contribution >= 4 is 17.7 Å². The lowest BCUT2D eigenvalue weighted by Crippen LogP contribution is -2.24. The molecule has 0 saturated carbocycles. The molecule has 3 aromatic rings. The highest BCUT2D eigenvalue weighted by Crippen LogP contribution is 2.18. The van der Waals surface area contributed by atoms with Crippen molar-refractivity contribution in [3.05, 3.63) is 107 Å². The van der Waals surface area contributed by atoms with Crippen LogP contribution in [0, 0.1) is 11.6 Å². The minimum absolute atomic E-state index is 0.154. The zero-order chi connectivity index (χ0) is 20.6. The van der Waals surface area contributed by atoms with Gasteiger partial charge in [0.2, 0.25) is 5.91 Å². The largest absolute Gasteiger partial charge is 0.381 e. The molecule has 148 valence electrons. The van der Waals surface area contributed by atoms with Gasteiger partial charge in [-0.1, -0.05) is 42.5 Å². The molecule has 0 fully saturated rings. The Hall–Kier alpha value is -3.47. The highest BCUT2D eigenvalue weighted by molar-refractivity contribution is 5.92. The molecule has 1 atom stereocenters. The summed E-state index contributed by atoms with van der Waals surface area (Å²) < 4.78 is 26.6. The van der Waals surface area contributed by atoms with E-state index in [0.717, 1.165) is 23.4 Å². The van der Waals surface area contributed by atoms with Crippen molar-refractivity contribution in [2.24, 2.45) is 0 Å². The molecule has 3 rings (SSSR count). The first-order valence-electron chi connectivity index (χ1n) is 9.32. The number of nitrogens with one attached hydrogen (secondary N) is 2. The quantitative estimate of drug-likeness (QED) is 0.524. The Labute approximate surface area is 169 Å². The van der Waals surface area contributed by atoms with Crippen LogP contribution in [0.1, 0.15) is 29.7 Å². The van der Waals surface area contributed by atoms with Crippen LogP contribution in [0.4, 0.5) is 14.5 Å². The fraction of sp³-hybridized carbons (Fsp3) is 0.125. The molecular weight excluding hydrogens is 370 g/mol. The van der Waals surface area contributed by atoms with Gasteiger partial charge in [0.15, 0.2) is 0 Å². The van der Waals surface area contributed by atoms with Crippen molar-refractivity contribution in [3.8, 4) is 0 Å². The number of halogens is 2. The van der Waals surface area contributed by atoms with Gasteiger partial charge in [0.1, 0.15) is 11.6 Å². The molecule has 0 aliphatic heterocycles. The first-order valence-corrected chi connectivity index (χ1v) is 9.32. The number of hydrogen-bond donors (Lipinski definition) is 2. The van der Waals surface area contributed by atoms with Crippen molar-refractivity contribution in [2.75, 3.05) is 5.32 Å². The Kier molecular flexibility index (Phi) is 6.74. The molecule has 1 amide bonds. The van der Waals surface area contributed by atoms with Crippen LogP contribution in [0.2, 0.25) is 0 Å². The fourth-order valence-electron chi connectivity index (χ4n) is 2.86. The number of hydrogen-bond acceptors (Lipinski definition) is 2. The molecule has 0 heterocycles. The van der Waals surface area contributed by atoms with E-state index >= 15 is 0 Å². The second kappa shape index (κ2) is 9.64. The van der Waals surface area contributed by atoms with E-state index in [1.54, 1.807) is 0 Å². The van der Waals surface area contributed by atoms with Crippen molar-refractivity contribution < 1.29 is 13.6 Å². The average molecular weight is 392 g/mol. The molecule has 29 heavy (non-hydrogen) atoms. The zero-order valence-electron chi connectivity index (χ0n) is 16.0. The van der Waals surface area contributed by atoms with E-state index in [9.17, 15) is 13.6 Å². The van der Waals surface area contributed by atoms with Gasteiger partial charge in [-0.05, 0) is 48.4 Å². The Morgan fingerprint density at radius 2 is 1.79 bits per heavy atom. The fourth-order valence-corrected chi connectivity index (χ4v) is 2.86. The molecule has 0 aliphatic rings. The summed E-state index contributed by atoms with van der Waals surface area (Å²) in [6, 6.07) is 20.9. The third-order valence-electron chi connectivity index (χ3n) is 4.46. The number of anilines is 1. The Morgan fingerprint density at radius 3 is 2.55 bits per heavy atom. The van der Waals surface area contributed by atoms with Gasteiger partial charge in [-0.3, -0.25) is 4.79 Å². The van der Waals surface area contributed by atoms with E-state index in [2.05, 4.69) is 22.8 Å². The van der Waals surface area contributed by atoms with Crippen LogP contribution >= 0.6 is 0 Å². The van der Waals surface area contributed by atoms with Gasteiger partial charge in [0, 0.05) is 29.9 Å². The number of rotatable bonds is 7. The van der Waals surface area contributed by atoms with Gasteiger partial charge in [-0.2, -0.15) is 0 Å². The van der Waals surface area contributed by atoms with Crippen LogP contribution in [-0.2, 0) is 11.3 Å². The highest BCUT2D eigenvalue weighted by atomic mass is 19.1.